The summed E-state index contributed by atoms with van der Waals surface area (Å²) in [4.78, 5) is 10.5. The van der Waals surface area contributed by atoms with E-state index in [1.807, 2.05) is 67.7 Å². The van der Waals surface area contributed by atoms with Crippen molar-refractivity contribution >= 4 is 22.3 Å². The van der Waals surface area contributed by atoms with Gasteiger partial charge in [0.15, 0.2) is 5.84 Å². The zero-order valence-electron chi connectivity index (χ0n) is 28.0. The van der Waals surface area contributed by atoms with E-state index >= 15 is 0 Å². The predicted octanol–water partition coefficient (Wildman–Crippen LogP) is 9.26. The third-order valence-electron chi connectivity index (χ3n) is 10.00. The molecule has 8 rings (SSSR count). The highest BCUT2D eigenvalue weighted by Gasteiger charge is 2.37. The number of nitriles is 2. The molecule has 2 unspecified atom stereocenters. The van der Waals surface area contributed by atoms with Gasteiger partial charge in [0.25, 0.3) is 0 Å². The third-order valence-corrected chi connectivity index (χ3v) is 10.00. The Morgan fingerprint density at radius 3 is 2.16 bits per heavy atom. The summed E-state index contributed by atoms with van der Waals surface area (Å²) in [7, 11) is 1.95. The van der Waals surface area contributed by atoms with Gasteiger partial charge in [-0.3, -0.25) is 4.99 Å². The maximum absolute atomic E-state index is 9.66. The van der Waals surface area contributed by atoms with Crippen molar-refractivity contribution < 1.29 is 4.74 Å². The van der Waals surface area contributed by atoms with E-state index in [0.717, 1.165) is 66.9 Å². The number of likely N-dealkylation sites (N-methyl/N-ethyl adjacent to an activating group) is 1. The highest BCUT2D eigenvalue weighted by Crippen LogP contribution is 2.49. The minimum absolute atomic E-state index is 0.189. The number of nitrogens with one attached hydrogen (secondary N) is 1. The Balaban J connectivity index is 1.21. The van der Waals surface area contributed by atoms with Gasteiger partial charge in [-0.25, -0.2) is 4.99 Å². The maximum Gasteiger partial charge on any atom is 0.155 e. The highest BCUT2D eigenvalue weighted by molar-refractivity contribution is 6.16. The quantitative estimate of drug-likeness (QED) is 0.202. The first-order chi connectivity index (χ1) is 24.4. The Morgan fingerprint density at radius 2 is 1.42 bits per heavy atom. The smallest absolute Gasteiger partial charge is 0.155 e. The molecule has 0 radical (unpaired) electrons. The molecule has 2 heterocycles. The van der Waals surface area contributed by atoms with Crippen LogP contribution in [0.3, 0.4) is 0 Å². The fourth-order valence-corrected chi connectivity index (χ4v) is 7.33. The van der Waals surface area contributed by atoms with Gasteiger partial charge in [-0.1, -0.05) is 111 Å². The number of hydrogen-bond donors (Lipinski definition) is 1. The second-order valence-corrected chi connectivity index (χ2v) is 13.2. The van der Waals surface area contributed by atoms with Gasteiger partial charge >= 0.3 is 0 Å². The summed E-state index contributed by atoms with van der Waals surface area (Å²) >= 11 is 0. The van der Waals surface area contributed by atoms with Gasteiger partial charge in [-0.15, -0.1) is 0 Å². The van der Waals surface area contributed by atoms with E-state index in [2.05, 4.69) is 92.0 Å². The number of rotatable bonds is 5. The minimum Gasteiger partial charge on any atom is -0.457 e. The van der Waals surface area contributed by atoms with Crippen LogP contribution < -0.4 is 10.1 Å². The molecule has 2 atom stereocenters. The highest BCUT2D eigenvalue weighted by atomic mass is 16.5. The number of hydrogen-bond acceptors (Lipinski definition) is 6. The van der Waals surface area contributed by atoms with Crippen LogP contribution in [-0.4, -0.2) is 24.6 Å². The molecule has 6 aromatic rings. The van der Waals surface area contributed by atoms with Crippen molar-refractivity contribution in [1.82, 2.24) is 5.32 Å². The van der Waals surface area contributed by atoms with Gasteiger partial charge < -0.3 is 10.1 Å². The number of nitrogens with zero attached hydrogens (tertiary/aromatic N) is 4. The van der Waals surface area contributed by atoms with Crippen LogP contribution >= 0.6 is 0 Å². The SMILES string of the molecule is CNC1C(c2ccccc2)=NC(c2ccc(-c3ccc(C#N)c4ccccc34)cc2)=NC1c1ccc2c(c1)Oc1ccc(C#N)cc1C2(C)C. The number of benzene rings is 6. The van der Waals surface area contributed by atoms with Crippen LogP contribution in [0.1, 0.15) is 58.8 Å². The molecule has 6 aromatic carbocycles. The summed E-state index contributed by atoms with van der Waals surface area (Å²) in [5.74, 6) is 2.21. The van der Waals surface area contributed by atoms with E-state index in [0.29, 0.717) is 17.0 Å². The van der Waals surface area contributed by atoms with Crippen molar-refractivity contribution in [2.24, 2.45) is 9.98 Å². The first kappa shape index (κ1) is 31.0. The molecule has 2 aliphatic rings. The number of amidine groups is 1. The van der Waals surface area contributed by atoms with Crippen molar-refractivity contribution in [3.63, 3.8) is 0 Å². The van der Waals surface area contributed by atoms with Gasteiger partial charge in [-0.05, 0) is 65.0 Å². The molecule has 50 heavy (non-hydrogen) atoms. The largest absolute Gasteiger partial charge is 0.457 e. The van der Waals surface area contributed by atoms with Crippen LogP contribution in [0.4, 0.5) is 0 Å². The molecule has 0 bridgehead atoms. The molecule has 6 nitrogen and oxygen atoms in total. The lowest BCUT2D eigenvalue weighted by Gasteiger charge is -2.36. The molecule has 0 aromatic heterocycles. The van der Waals surface area contributed by atoms with Crippen molar-refractivity contribution in [1.29, 1.82) is 10.5 Å². The number of aliphatic imine (C=N–C) groups is 2. The molecule has 2 aliphatic heterocycles. The molecular formula is C44H33N5O. The Labute approximate surface area is 291 Å². The Morgan fingerprint density at radius 1 is 0.680 bits per heavy atom. The fourth-order valence-electron chi connectivity index (χ4n) is 7.33. The summed E-state index contributed by atoms with van der Waals surface area (Å²) in [5.41, 5.74) is 8.99. The first-order valence-electron chi connectivity index (χ1n) is 16.7. The topological polar surface area (TPSA) is 93.6 Å². The summed E-state index contributed by atoms with van der Waals surface area (Å²) < 4.78 is 6.51. The van der Waals surface area contributed by atoms with Crippen LogP contribution in [-0.2, 0) is 5.41 Å². The van der Waals surface area contributed by atoms with E-state index in [9.17, 15) is 10.5 Å². The predicted molar refractivity (Wildman–Crippen MR) is 199 cm³/mol. The van der Waals surface area contributed by atoms with E-state index in [1.165, 1.54) is 0 Å². The van der Waals surface area contributed by atoms with Crippen LogP contribution in [0.2, 0.25) is 0 Å². The molecule has 0 aliphatic carbocycles. The average molecular weight is 648 g/mol. The lowest BCUT2D eigenvalue weighted by Crippen LogP contribution is -2.42. The molecule has 240 valence electrons. The van der Waals surface area contributed by atoms with E-state index in [1.54, 1.807) is 6.07 Å². The summed E-state index contributed by atoms with van der Waals surface area (Å²) in [6, 6.07) is 46.7. The summed E-state index contributed by atoms with van der Waals surface area (Å²) in [6.45, 7) is 4.34. The van der Waals surface area contributed by atoms with Crippen molar-refractivity contribution in [3.8, 4) is 34.8 Å². The zero-order valence-corrected chi connectivity index (χ0v) is 28.0. The molecular weight excluding hydrogens is 615 g/mol. The second kappa shape index (κ2) is 12.3. The minimum atomic E-state index is -0.351. The molecule has 1 N–H and O–H groups in total. The molecule has 0 amide bonds. The zero-order chi connectivity index (χ0) is 34.4. The van der Waals surface area contributed by atoms with E-state index in [4.69, 9.17) is 14.7 Å². The monoisotopic (exact) mass is 647 g/mol. The Kier molecular flexibility index (Phi) is 7.60. The summed E-state index contributed by atoms with van der Waals surface area (Å²) in [6.07, 6.45) is 0. The maximum atomic E-state index is 9.66. The normalized spacial score (nSPS) is 17.3. The lowest BCUT2D eigenvalue weighted by molar-refractivity contribution is 0.416. The van der Waals surface area contributed by atoms with Crippen molar-refractivity contribution in [2.75, 3.05) is 7.05 Å². The summed E-state index contributed by atoms with van der Waals surface area (Å²) in [5, 5.41) is 24.7. The molecule has 0 spiro atoms. The van der Waals surface area contributed by atoms with Gasteiger partial charge in [-0.2, -0.15) is 10.5 Å². The lowest BCUT2D eigenvalue weighted by atomic mass is 9.74. The number of fused-ring (bicyclic) bond motifs is 3. The molecule has 0 fully saturated rings. The molecule has 0 saturated heterocycles. The standard InChI is InChI=1S/C44H33N5O/c1-44(2)36-21-19-31(24-39(36)50-38-22-13-27(25-45)23-37(38)44)41-42(47-3)40(29-9-5-4-6-10-29)48-43(49-41)30-16-14-28(15-17-30)34-20-18-32(26-46)33-11-7-8-12-35(33)34/h4-24,41-42,47H,1-3H3. The average Bonchev–Trinajstić information content (AvgIpc) is 3.17. The number of ether oxygens (including phenoxy) is 1. The Bertz CT molecular complexity index is 2450. The van der Waals surface area contributed by atoms with Gasteiger partial charge in [0.2, 0.25) is 0 Å². The van der Waals surface area contributed by atoms with Crippen LogP contribution in [0.25, 0.3) is 21.9 Å². The fraction of sp³-hybridized carbons (Fsp3) is 0.136. The first-order valence-corrected chi connectivity index (χ1v) is 16.7. The Hall–Kier alpha value is -6.34. The molecule has 6 heteroatoms. The van der Waals surface area contributed by atoms with Crippen molar-refractivity contribution in [3.05, 3.63) is 166 Å². The third kappa shape index (κ3) is 5.15. The van der Waals surface area contributed by atoms with Crippen LogP contribution in [0.15, 0.2) is 137 Å². The van der Waals surface area contributed by atoms with Crippen LogP contribution in [0, 0.1) is 22.7 Å². The molecule has 0 saturated carbocycles. The van der Waals surface area contributed by atoms with Crippen molar-refractivity contribution in [2.45, 2.75) is 31.3 Å². The second-order valence-electron chi connectivity index (χ2n) is 13.2. The van der Waals surface area contributed by atoms with Gasteiger partial charge in [0, 0.05) is 27.5 Å². The van der Waals surface area contributed by atoms with Crippen LogP contribution in [0.5, 0.6) is 11.5 Å². The van der Waals surface area contributed by atoms with Gasteiger partial charge in [0.1, 0.15) is 11.5 Å². The van der Waals surface area contributed by atoms with E-state index in [-0.39, 0.29) is 17.5 Å². The van der Waals surface area contributed by atoms with Gasteiger partial charge in [0.05, 0.1) is 41.1 Å². The van der Waals surface area contributed by atoms with E-state index < -0.39 is 0 Å².